The molecule has 0 atom stereocenters. The maximum absolute atomic E-state index is 12.2. The van der Waals surface area contributed by atoms with Crippen LogP contribution >= 0.6 is 0 Å². The van der Waals surface area contributed by atoms with Gasteiger partial charge < -0.3 is 0 Å². The summed E-state index contributed by atoms with van der Waals surface area (Å²) in [6, 6.07) is 9.60. The topological polar surface area (TPSA) is 49.6 Å². The number of nitrogens with one attached hydrogen (secondary N) is 1. The summed E-state index contributed by atoms with van der Waals surface area (Å²) >= 11 is 0. The maximum Gasteiger partial charge on any atom is 0.240 e. The van der Waals surface area contributed by atoms with Crippen molar-refractivity contribution in [3.05, 3.63) is 42.2 Å². The van der Waals surface area contributed by atoms with Crippen molar-refractivity contribution in [1.82, 2.24) is 10.3 Å². The van der Waals surface area contributed by atoms with Crippen molar-refractivity contribution in [2.45, 2.75) is 20.8 Å². The third-order valence-electron chi connectivity index (χ3n) is 2.50. The molecule has 0 aliphatic rings. The first-order valence-electron chi connectivity index (χ1n) is 5.56. The third-order valence-corrected chi connectivity index (χ3v) is 2.50. The Morgan fingerprint density at radius 2 is 1.88 bits per heavy atom. The van der Waals surface area contributed by atoms with Crippen molar-refractivity contribution in [2.75, 3.05) is 0 Å². The molecule has 4 nitrogen and oxygen atoms in total. The van der Waals surface area contributed by atoms with E-state index >= 15 is 0 Å². The van der Waals surface area contributed by atoms with E-state index in [9.17, 15) is 4.79 Å². The highest BCUT2D eigenvalue weighted by molar-refractivity contribution is 5.96. The van der Waals surface area contributed by atoms with Gasteiger partial charge in [0.15, 0.2) is 11.9 Å². The molecular formula is C13H16N3O+. The van der Waals surface area contributed by atoms with Crippen molar-refractivity contribution in [1.29, 1.82) is 0 Å². The number of aromatic nitrogens is 3. The van der Waals surface area contributed by atoms with Crippen molar-refractivity contribution < 1.29 is 9.48 Å². The lowest BCUT2D eigenvalue weighted by Crippen LogP contribution is -2.41. The Kier molecular flexibility index (Phi) is 2.79. The molecule has 0 saturated carbocycles. The van der Waals surface area contributed by atoms with Gasteiger partial charge in [-0.25, -0.2) is 0 Å². The predicted molar refractivity (Wildman–Crippen MR) is 63.9 cm³/mol. The van der Waals surface area contributed by atoms with Crippen molar-refractivity contribution >= 4 is 5.78 Å². The second-order valence-corrected chi connectivity index (χ2v) is 4.99. The molecule has 1 aromatic carbocycles. The highest BCUT2D eigenvalue weighted by atomic mass is 16.1. The summed E-state index contributed by atoms with van der Waals surface area (Å²) in [4.78, 5) is 12.2. The van der Waals surface area contributed by atoms with Gasteiger partial charge in [0.2, 0.25) is 11.5 Å². The fourth-order valence-corrected chi connectivity index (χ4v) is 1.57. The summed E-state index contributed by atoms with van der Waals surface area (Å²) < 4.78 is 1.63. The first kappa shape index (κ1) is 11.5. The van der Waals surface area contributed by atoms with Crippen LogP contribution in [0.4, 0.5) is 0 Å². The molecule has 17 heavy (non-hydrogen) atoms. The van der Waals surface area contributed by atoms with Gasteiger partial charge in [0, 0.05) is 5.41 Å². The molecule has 88 valence electrons. The van der Waals surface area contributed by atoms with Crippen molar-refractivity contribution in [3.8, 4) is 5.69 Å². The Labute approximate surface area is 100 Å². The van der Waals surface area contributed by atoms with E-state index in [2.05, 4.69) is 10.3 Å². The molecule has 0 spiro atoms. The first-order chi connectivity index (χ1) is 8.00. The summed E-state index contributed by atoms with van der Waals surface area (Å²) in [6.45, 7) is 5.70. The summed E-state index contributed by atoms with van der Waals surface area (Å²) in [5.74, 6) is 0.0649. The van der Waals surface area contributed by atoms with E-state index in [4.69, 9.17) is 0 Å². The summed E-state index contributed by atoms with van der Waals surface area (Å²) in [7, 11) is 0. The van der Waals surface area contributed by atoms with Crippen LogP contribution in [0.15, 0.2) is 36.5 Å². The number of hydrogen-bond donors (Lipinski definition) is 1. The zero-order valence-electron chi connectivity index (χ0n) is 10.3. The summed E-state index contributed by atoms with van der Waals surface area (Å²) in [5, 5.41) is 6.83. The van der Waals surface area contributed by atoms with E-state index < -0.39 is 5.41 Å². The molecule has 2 aromatic rings. The standard InChI is InChI=1S/C13H15N3O/c1-13(2,3)12(17)11-9-14-15-16(11)10-7-5-4-6-8-10/h4-9H,1-3H3/p+1. The van der Waals surface area contributed by atoms with E-state index in [1.54, 1.807) is 10.9 Å². The van der Waals surface area contributed by atoms with Crippen LogP contribution in [0.25, 0.3) is 5.69 Å². The Bertz CT molecular complexity index is 523. The van der Waals surface area contributed by atoms with Crippen LogP contribution < -0.4 is 4.68 Å². The number of aromatic amines is 1. The van der Waals surface area contributed by atoms with Crippen LogP contribution in [-0.4, -0.2) is 16.1 Å². The average Bonchev–Trinajstić information content (AvgIpc) is 2.76. The first-order valence-corrected chi connectivity index (χ1v) is 5.56. The lowest BCUT2D eigenvalue weighted by Gasteiger charge is -2.13. The Balaban J connectivity index is 2.46. The van der Waals surface area contributed by atoms with E-state index in [1.165, 1.54) is 0 Å². The summed E-state index contributed by atoms with van der Waals surface area (Å²) in [5.41, 5.74) is 1.03. The molecule has 0 aliphatic carbocycles. The molecule has 0 aliphatic heterocycles. The Morgan fingerprint density at radius 1 is 1.24 bits per heavy atom. The van der Waals surface area contributed by atoms with Gasteiger partial charge in [0.05, 0.1) is 5.21 Å². The minimum atomic E-state index is -0.416. The van der Waals surface area contributed by atoms with Crippen LogP contribution in [-0.2, 0) is 0 Å². The number of ketones is 1. The highest BCUT2D eigenvalue weighted by Crippen LogP contribution is 2.18. The molecule has 0 bridgehead atoms. The van der Waals surface area contributed by atoms with Crippen LogP contribution in [0.5, 0.6) is 0 Å². The average molecular weight is 230 g/mol. The molecule has 0 fully saturated rings. The Morgan fingerprint density at radius 3 is 2.47 bits per heavy atom. The van der Waals surface area contributed by atoms with Gasteiger partial charge in [-0.05, 0) is 12.1 Å². The van der Waals surface area contributed by atoms with Gasteiger partial charge in [0.25, 0.3) is 0 Å². The second kappa shape index (κ2) is 4.13. The van der Waals surface area contributed by atoms with E-state index in [0.717, 1.165) is 5.69 Å². The normalized spacial score (nSPS) is 11.5. The minimum absolute atomic E-state index is 0.0649. The zero-order valence-corrected chi connectivity index (χ0v) is 10.3. The number of nitrogens with zero attached hydrogens (tertiary/aromatic N) is 2. The Hall–Kier alpha value is -1.97. The number of Topliss-reactive ketones (excluding diaryl/α,β-unsaturated/α-hetero) is 1. The second-order valence-electron chi connectivity index (χ2n) is 4.99. The fourth-order valence-electron chi connectivity index (χ4n) is 1.57. The monoisotopic (exact) mass is 230 g/mol. The molecule has 4 heteroatoms. The van der Waals surface area contributed by atoms with E-state index in [-0.39, 0.29) is 5.78 Å². The number of hydrogen-bond acceptors (Lipinski definition) is 2. The molecule has 0 radical (unpaired) electrons. The molecule has 2 rings (SSSR count). The van der Waals surface area contributed by atoms with Gasteiger partial charge >= 0.3 is 0 Å². The third kappa shape index (κ3) is 2.25. The number of benzene rings is 1. The van der Waals surface area contributed by atoms with Gasteiger partial charge in [0.1, 0.15) is 0 Å². The molecule has 0 amide bonds. The van der Waals surface area contributed by atoms with Gasteiger partial charge in [-0.15, -0.1) is 5.10 Å². The largest absolute Gasteiger partial charge is 0.289 e. The van der Waals surface area contributed by atoms with Crippen LogP contribution in [0.2, 0.25) is 0 Å². The minimum Gasteiger partial charge on any atom is -0.289 e. The molecule has 0 saturated heterocycles. The lowest BCUT2D eigenvalue weighted by atomic mass is 9.89. The number of H-pyrrole nitrogens is 1. The van der Waals surface area contributed by atoms with Gasteiger partial charge in [-0.3, -0.25) is 4.79 Å². The van der Waals surface area contributed by atoms with Crippen LogP contribution in [0.1, 0.15) is 31.3 Å². The molecular weight excluding hydrogens is 214 g/mol. The fraction of sp³-hybridized carbons (Fsp3) is 0.308. The molecule has 0 unspecified atom stereocenters. The lowest BCUT2D eigenvalue weighted by molar-refractivity contribution is -0.661. The maximum atomic E-state index is 12.2. The van der Waals surface area contributed by atoms with E-state index in [0.29, 0.717) is 5.69 Å². The zero-order chi connectivity index (χ0) is 12.5. The van der Waals surface area contributed by atoms with Crippen LogP contribution in [0, 0.1) is 5.41 Å². The number of carbonyl (C=O) groups excluding carboxylic acids is 1. The van der Waals surface area contributed by atoms with Crippen LogP contribution in [0.3, 0.4) is 0 Å². The molecule has 1 aromatic heterocycles. The number of para-hydroxylation sites is 1. The number of rotatable bonds is 2. The predicted octanol–water partition coefficient (Wildman–Crippen LogP) is 1.92. The smallest absolute Gasteiger partial charge is 0.240 e. The van der Waals surface area contributed by atoms with Crippen molar-refractivity contribution in [3.63, 3.8) is 0 Å². The highest BCUT2D eigenvalue weighted by Gasteiger charge is 2.31. The number of carbonyl (C=O) groups is 1. The quantitative estimate of drug-likeness (QED) is 0.633. The molecule has 1 N–H and O–H groups in total. The van der Waals surface area contributed by atoms with Gasteiger partial charge in [-0.1, -0.05) is 43.7 Å². The summed E-state index contributed by atoms with van der Waals surface area (Å²) in [6.07, 6.45) is 1.64. The van der Waals surface area contributed by atoms with Gasteiger partial charge in [-0.2, -0.15) is 0 Å². The molecule has 1 heterocycles. The van der Waals surface area contributed by atoms with Crippen molar-refractivity contribution in [2.24, 2.45) is 5.41 Å². The van der Waals surface area contributed by atoms with E-state index in [1.807, 2.05) is 51.1 Å². The SMILES string of the molecule is CC(C)(C)C(=O)c1c[nH]n[n+]1-c1ccccc1.